The Kier molecular flexibility index (Phi) is 4.24. The van der Waals surface area contributed by atoms with Crippen LogP contribution < -0.4 is 10.5 Å². The van der Waals surface area contributed by atoms with E-state index in [-0.39, 0.29) is 22.9 Å². The number of nitrogens with two attached hydrogens (primary N) is 1. The first-order chi connectivity index (χ1) is 9.49. The number of halogens is 3. The second-order valence-corrected chi connectivity index (χ2v) is 4.45. The lowest BCUT2D eigenvalue weighted by molar-refractivity contribution is 0.279. The van der Waals surface area contributed by atoms with Gasteiger partial charge in [-0.3, -0.25) is 0 Å². The normalized spacial score (nSPS) is 10.3. The molecule has 0 fully saturated rings. The Morgan fingerprint density at radius 1 is 1.10 bits per heavy atom. The van der Waals surface area contributed by atoms with Crippen molar-refractivity contribution in [3.8, 4) is 5.75 Å². The van der Waals surface area contributed by atoms with Gasteiger partial charge in [0.25, 0.3) is 0 Å². The van der Waals surface area contributed by atoms with Crippen molar-refractivity contribution >= 4 is 17.2 Å². The van der Waals surface area contributed by atoms with Crippen LogP contribution in [-0.2, 0) is 6.61 Å². The Morgan fingerprint density at radius 2 is 1.85 bits per heavy atom. The molecule has 0 bridgehead atoms. The van der Waals surface area contributed by atoms with E-state index in [1.54, 1.807) is 0 Å². The topological polar surface area (TPSA) is 35.2 Å². The molecular weight excluding hydrogens is 287 g/mol. The van der Waals surface area contributed by atoms with Crippen molar-refractivity contribution in [1.82, 2.24) is 0 Å². The molecule has 0 aliphatic rings. The minimum atomic E-state index is -1.11. The van der Waals surface area contributed by atoms with Gasteiger partial charge >= 0.3 is 0 Å². The van der Waals surface area contributed by atoms with E-state index < -0.39 is 17.5 Å². The molecule has 0 amide bonds. The minimum absolute atomic E-state index is 0.114. The first-order valence-electron chi connectivity index (χ1n) is 5.64. The van der Waals surface area contributed by atoms with Gasteiger partial charge in [0.15, 0.2) is 11.6 Å². The van der Waals surface area contributed by atoms with Crippen molar-refractivity contribution in [3.63, 3.8) is 0 Å². The van der Waals surface area contributed by atoms with Gasteiger partial charge in [0.2, 0.25) is 5.82 Å². The van der Waals surface area contributed by atoms with E-state index in [4.69, 9.17) is 22.7 Å². The first kappa shape index (κ1) is 14.3. The van der Waals surface area contributed by atoms with Gasteiger partial charge in [-0.1, -0.05) is 18.3 Å². The van der Waals surface area contributed by atoms with Crippen LogP contribution >= 0.6 is 12.2 Å². The van der Waals surface area contributed by atoms with E-state index in [0.29, 0.717) is 5.56 Å². The maximum atomic E-state index is 13.6. The number of thiocarbonyl (C=S) groups is 1. The summed E-state index contributed by atoms with van der Waals surface area (Å²) < 4.78 is 45.0. The van der Waals surface area contributed by atoms with Crippen LogP contribution in [0.3, 0.4) is 0 Å². The molecule has 2 nitrogen and oxygen atoms in total. The maximum absolute atomic E-state index is 13.6. The summed E-state index contributed by atoms with van der Waals surface area (Å²) in [6.07, 6.45) is 0. The average Bonchev–Trinajstić information content (AvgIpc) is 2.41. The van der Waals surface area contributed by atoms with Crippen molar-refractivity contribution in [2.75, 3.05) is 0 Å². The Bertz CT molecular complexity index is 661. The Hall–Kier alpha value is -2.08. The van der Waals surface area contributed by atoms with Gasteiger partial charge in [-0.15, -0.1) is 0 Å². The molecule has 0 heterocycles. The standard InChI is InChI=1S/C14H10F3NOS/c15-10-5-4-8(14(18)20)6-9(10)7-19-12-3-1-2-11(16)13(12)17/h1-6H,7H2,(H2,18,20). The molecular formula is C14H10F3NOS. The molecule has 104 valence electrons. The fourth-order valence-electron chi connectivity index (χ4n) is 1.59. The highest BCUT2D eigenvalue weighted by Gasteiger charge is 2.11. The molecule has 0 saturated carbocycles. The third kappa shape index (κ3) is 3.08. The zero-order valence-corrected chi connectivity index (χ0v) is 11.0. The zero-order chi connectivity index (χ0) is 14.7. The molecule has 2 rings (SSSR count). The fraction of sp³-hybridized carbons (Fsp3) is 0.0714. The monoisotopic (exact) mass is 297 g/mol. The SMILES string of the molecule is NC(=S)c1ccc(F)c(COc2cccc(F)c2F)c1. The van der Waals surface area contributed by atoms with Crippen molar-refractivity contribution in [3.05, 3.63) is 65.0 Å². The van der Waals surface area contributed by atoms with Crippen molar-refractivity contribution in [1.29, 1.82) is 0 Å². The third-order valence-corrected chi connectivity index (χ3v) is 2.87. The van der Waals surface area contributed by atoms with Gasteiger partial charge in [-0.2, -0.15) is 4.39 Å². The molecule has 2 aromatic carbocycles. The molecule has 2 aromatic rings. The first-order valence-corrected chi connectivity index (χ1v) is 6.05. The maximum Gasteiger partial charge on any atom is 0.200 e. The zero-order valence-electron chi connectivity index (χ0n) is 10.2. The summed E-state index contributed by atoms with van der Waals surface area (Å²) in [4.78, 5) is 0.114. The van der Waals surface area contributed by atoms with E-state index in [1.807, 2.05) is 0 Å². The fourth-order valence-corrected chi connectivity index (χ4v) is 1.72. The van der Waals surface area contributed by atoms with Crippen LogP contribution in [0.4, 0.5) is 13.2 Å². The Labute approximate surface area is 119 Å². The van der Waals surface area contributed by atoms with Crippen LogP contribution in [0, 0.1) is 17.5 Å². The minimum Gasteiger partial charge on any atom is -0.486 e. The second kappa shape index (κ2) is 5.92. The van der Waals surface area contributed by atoms with Gasteiger partial charge in [0.1, 0.15) is 17.4 Å². The molecule has 0 unspecified atom stereocenters. The van der Waals surface area contributed by atoms with Gasteiger partial charge in [-0.05, 0) is 30.3 Å². The smallest absolute Gasteiger partial charge is 0.200 e. The predicted octanol–water partition coefficient (Wildman–Crippen LogP) is 3.32. The summed E-state index contributed by atoms with van der Waals surface area (Å²) in [6.45, 7) is -0.261. The number of rotatable bonds is 4. The lowest BCUT2D eigenvalue weighted by Gasteiger charge is -2.09. The molecule has 20 heavy (non-hydrogen) atoms. The summed E-state index contributed by atoms with van der Waals surface area (Å²) in [5, 5.41) is 0. The molecule has 0 spiro atoms. The van der Waals surface area contributed by atoms with Gasteiger partial charge < -0.3 is 10.5 Å². The third-order valence-electron chi connectivity index (χ3n) is 2.63. The van der Waals surface area contributed by atoms with Crippen molar-refractivity contribution in [2.45, 2.75) is 6.61 Å². The number of benzene rings is 2. The molecule has 6 heteroatoms. The van der Waals surface area contributed by atoms with Crippen LogP contribution in [0.1, 0.15) is 11.1 Å². The average molecular weight is 297 g/mol. The van der Waals surface area contributed by atoms with Crippen LogP contribution in [0.5, 0.6) is 5.75 Å². The van der Waals surface area contributed by atoms with E-state index in [2.05, 4.69) is 0 Å². The van der Waals surface area contributed by atoms with Gasteiger partial charge in [0.05, 0.1) is 0 Å². The van der Waals surface area contributed by atoms with E-state index in [1.165, 1.54) is 30.3 Å². The highest BCUT2D eigenvalue weighted by Crippen LogP contribution is 2.21. The largest absolute Gasteiger partial charge is 0.486 e. The molecule has 0 aliphatic carbocycles. The molecule has 0 saturated heterocycles. The van der Waals surface area contributed by atoms with Gasteiger partial charge in [-0.25, -0.2) is 8.78 Å². The molecule has 0 atom stereocenters. The van der Waals surface area contributed by atoms with E-state index >= 15 is 0 Å². The van der Waals surface area contributed by atoms with Gasteiger partial charge in [0, 0.05) is 11.1 Å². The van der Waals surface area contributed by atoms with Crippen LogP contribution in [-0.4, -0.2) is 4.99 Å². The highest BCUT2D eigenvalue weighted by atomic mass is 32.1. The molecule has 0 aliphatic heterocycles. The summed E-state index contributed by atoms with van der Waals surface area (Å²) in [6, 6.07) is 7.56. The van der Waals surface area contributed by atoms with Crippen molar-refractivity contribution in [2.24, 2.45) is 5.73 Å². The lowest BCUT2D eigenvalue weighted by atomic mass is 10.1. The van der Waals surface area contributed by atoms with Crippen molar-refractivity contribution < 1.29 is 17.9 Å². The number of ether oxygens (including phenoxy) is 1. The van der Waals surface area contributed by atoms with Crippen LogP contribution in [0.15, 0.2) is 36.4 Å². The Morgan fingerprint density at radius 3 is 2.55 bits per heavy atom. The quantitative estimate of drug-likeness (QED) is 0.879. The summed E-state index contributed by atoms with van der Waals surface area (Å²) >= 11 is 4.79. The second-order valence-electron chi connectivity index (χ2n) is 4.01. The highest BCUT2D eigenvalue weighted by molar-refractivity contribution is 7.80. The van der Waals surface area contributed by atoms with Crippen LogP contribution in [0.25, 0.3) is 0 Å². The summed E-state index contributed by atoms with van der Waals surface area (Å²) in [5.74, 6) is -2.97. The molecule has 0 radical (unpaired) electrons. The number of hydrogen-bond acceptors (Lipinski definition) is 2. The summed E-state index contributed by atoms with van der Waals surface area (Å²) in [7, 11) is 0. The van der Waals surface area contributed by atoms with E-state index in [0.717, 1.165) is 6.07 Å². The lowest BCUT2D eigenvalue weighted by Crippen LogP contribution is -2.11. The predicted molar refractivity (Wildman–Crippen MR) is 73.0 cm³/mol. The number of hydrogen-bond donors (Lipinski definition) is 1. The molecule has 0 aromatic heterocycles. The van der Waals surface area contributed by atoms with E-state index in [9.17, 15) is 13.2 Å². The summed E-state index contributed by atoms with van der Waals surface area (Å²) in [5.41, 5.74) is 6.07. The molecule has 2 N–H and O–H groups in total. The van der Waals surface area contributed by atoms with Crippen LogP contribution in [0.2, 0.25) is 0 Å². The Balaban J connectivity index is 2.20.